The van der Waals surface area contributed by atoms with Gasteiger partial charge < -0.3 is 5.32 Å². The molecule has 0 radical (unpaired) electrons. The predicted molar refractivity (Wildman–Crippen MR) is 89.6 cm³/mol. The highest BCUT2D eigenvalue weighted by Gasteiger charge is 2.31. The Morgan fingerprint density at radius 3 is 2.27 bits per heavy atom. The average molecular weight is 325 g/mol. The van der Waals surface area contributed by atoms with Crippen molar-refractivity contribution in [1.82, 2.24) is 21.5 Å². The number of carbonyl (C=O) groups is 1. The first-order chi connectivity index (χ1) is 10.3. The number of amides is 1. The molecule has 4 N–H and O–H groups in total. The van der Waals surface area contributed by atoms with E-state index in [1.807, 2.05) is 52.0 Å². The summed E-state index contributed by atoms with van der Waals surface area (Å²) in [6.45, 7) is 8.46. The molecular formula is C16H25ClN4O. The molecule has 2 atom stereocenters. The lowest BCUT2D eigenvalue weighted by molar-refractivity contribution is -0.121. The van der Waals surface area contributed by atoms with E-state index in [2.05, 4.69) is 21.5 Å². The summed E-state index contributed by atoms with van der Waals surface area (Å²) in [7, 11) is 0. The molecule has 1 fully saturated rings. The standard InChI is InChI=1S/C16H25ClN4O/c1-10-15(11(2)21-20-10)19-14(22)9-18-16(3,4)12-5-7-13(17)8-6-12/h5-8,10-11,15,18,20-21H,9H2,1-4H3,(H,19,22). The third-order valence-electron chi connectivity index (χ3n) is 4.20. The van der Waals surface area contributed by atoms with Crippen molar-refractivity contribution in [1.29, 1.82) is 0 Å². The van der Waals surface area contributed by atoms with E-state index >= 15 is 0 Å². The Hall–Kier alpha value is -1.14. The maximum Gasteiger partial charge on any atom is 0.234 e. The summed E-state index contributed by atoms with van der Waals surface area (Å²) < 4.78 is 0. The molecule has 2 unspecified atom stereocenters. The second kappa shape index (κ2) is 6.96. The quantitative estimate of drug-likeness (QED) is 0.663. The van der Waals surface area contributed by atoms with E-state index in [1.165, 1.54) is 0 Å². The van der Waals surface area contributed by atoms with Crippen molar-refractivity contribution in [2.24, 2.45) is 0 Å². The summed E-state index contributed by atoms with van der Waals surface area (Å²) in [6.07, 6.45) is 0. The van der Waals surface area contributed by atoms with E-state index < -0.39 is 0 Å². The SMILES string of the molecule is CC1NNC(C)C1NC(=O)CNC(C)(C)c1ccc(Cl)cc1. The van der Waals surface area contributed by atoms with Gasteiger partial charge in [0.1, 0.15) is 0 Å². The van der Waals surface area contributed by atoms with Crippen molar-refractivity contribution in [3.8, 4) is 0 Å². The zero-order valence-corrected chi connectivity index (χ0v) is 14.3. The molecule has 22 heavy (non-hydrogen) atoms. The number of halogens is 1. The van der Waals surface area contributed by atoms with Gasteiger partial charge in [-0.25, -0.2) is 0 Å². The van der Waals surface area contributed by atoms with Crippen LogP contribution in [-0.2, 0) is 10.3 Å². The van der Waals surface area contributed by atoms with Crippen LogP contribution in [0, 0.1) is 0 Å². The zero-order valence-electron chi connectivity index (χ0n) is 13.5. The number of hydrogen-bond donors (Lipinski definition) is 4. The van der Waals surface area contributed by atoms with Crippen molar-refractivity contribution >= 4 is 17.5 Å². The van der Waals surface area contributed by atoms with Crippen LogP contribution in [0.1, 0.15) is 33.3 Å². The lowest BCUT2D eigenvalue weighted by Crippen LogP contribution is -2.51. The number of nitrogens with one attached hydrogen (secondary N) is 4. The third-order valence-corrected chi connectivity index (χ3v) is 4.45. The molecule has 122 valence electrons. The zero-order chi connectivity index (χ0) is 16.3. The summed E-state index contributed by atoms with van der Waals surface area (Å²) in [5.74, 6) is -0.00348. The van der Waals surface area contributed by atoms with E-state index in [0.29, 0.717) is 5.02 Å². The van der Waals surface area contributed by atoms with E-state index in [9.17, 15) is 4.79 Å². The van der Waals surface area contributed by atoms with Gasteiger partial charge in [-0.05, 0) is 45.4 Å². The second-order valence-corrected chi connectivity index (χ2v) is 6.88. The van der Waals surface area contributed by atoms with Crippen LogP contribution in [0.15, 0.2) is 24.3 Å². The Kier molecular flexibility index (Phi) is 5.45. The molecule has 1 heterocycles. The van der Waals surface area contributed by atoms with Crippen LogP contribution in [-0.4, -0.2) is 30.6 Å². The Morgan fingerprint density at radius 1 is 1.18 bits per heavy atom. The first-order valence-electron chi connectivity index (χ1n) is 7.61. The molecule has 0 aliphatic carbocycles. The van der Waals surface area contributed by atoms with Crippen molar-refractivity contribution in [2.75, 3.05) is 6.54 Å². The molecule has 0 bridgehead atoms. The summed E-state index contributed by atoms with van der Waals surface area (Å²) in [5.41, 5.74) is 7.05. The largest absolute Gasteiger partial charge is 0.349 e. The fraction of sp³-hybridized carbons (Fsp3) is 0.562. The van der Waals surface area contributed by atoms with E-state index in [4.69, 9.17) is 11.6 Å². The van der Waals surface area contributed by atoms with Crippen LogP contribution in [0.25, 0.3) is 0 Å². The van der Waals surface area contributed by atoms with E-state index in [1.54, 1.807) is 0 Å². The lowest BCUT2D eigenvalue weighted by Gasteiger charge is -2.28. The van der Waals surface area contributed by atoms with Crippen LogP contribution < -0.4 is 21.5 Å². The molecule has 1 aromatic rings. The number of hydrazine groups is 1. The van der Waals surface area contributed by atoms with Crippen molar-refractivity contribution in [3.63, 3.8) is 0 Å². The minimum absolute atomic E-state index is 0.00348. The maximum absolute atomic E-state index is 12.2. The molecule has 0 saturated carbocycles. The van der Waals surface area contributed by atoms with Crippen molar-refractivity contribution in [2.45, 2.75) is 51.4 Å². The van der Waals surface area contributed by atoms with Gasteiger partial charge in [0.05, 0.1) is 12.6 Å². The molecule has 1 aliphatic rings. The number of carbonyl (C=O) groups excluding carboxylic acids is 1. The lowest BCUT2D eigenvalue weighted by atomic mass is 9.94. The number of rotatable bonds is 5. The highest BCUT2D eigenvalue weighted by Crippen LogP contribution is 2.21. The Balaban J connectivity index is 1.88. The van der Waals surface area contributed by atoms with Crippen LogP contribution in [0.5, 0.6) is 0 Å². The molecular weight excluding hydrogens is 300 g/mol. The van der Waals surface area contributed by atoms with Gasteiger partial charge in [0.25, 0.3) is 0 Å². The predicted octanol–water partition coefficient (Wildman–Crippen LogP) is 1.53. The fourth-order valence-corrected chi connectivity index (χ4v) is 2.76. The van der Waals surface area contributed by atoms with Gasteiger partial charge in [-0.1, -0.05) is 23.7 Å². The minimum Gasteiger partial charge on any atom is -0.349 e. The van der Waals surface area contributed by atoms with Gasteiger partial charge in [-0.2, -0.15) is 0 Å². The van der Waals surface area contributed by atoms with Gasteiger partial charge in [-0.3, -0.25) is 21.0 Å². The Labute approximate surface area is 137 Å². The molecule has 1 aliphatic heterocycles. The first kappa shape index (κ1) is 17.2. The topological polar surface area (TPSA) is 65.2 Å². The molecule has 1 saturated heterocycles. The summed E-state index contributed by atoms with van der Waals surface area (Å²) in [5, 5.41) is 7.08. The van der Waals surface area contributed by atoms with E-state index in [-0.39, 0.29) is 36.1 Å². The summed E-state index contributed by atoms with van der Waals surface area (Å²) >= 11 is 5.92. The third kappa shape index (κ3) is 4.20. The highest BCUT2D eigenvalue weighted by molar-refractivity contribution is 6.30. The van der Waals surface area contributed by atoms with Gasteiger partial charge in [-0.15, -0.1) is 0 Å². The van der Waals surface area contributed by atoms with Crippen molar-refractivity contribution < 1.29 is 4.79 Å². The monoisotopic (exact) mass is 324 g/mol. The van der Waals surface area contributed by atoms with E-state index in [0.717, 1.165) is 5.56 Å². The molecule has 5 nitrogen and oxygen atoms in total. The number of hydrogen-bond acceptors (Lipinski definition) is 4. The molecule has 2 rings (SSSR count). The highest BCUT2D eigenvalue weighted by atomic mass is 35.5. The fourth-order valence-electron chi connectivity index (χ4n) is 2.63. The average Bonchev–Trinajstić information content (AvgIpc) is 2.78. The maximum atomic E-state index is 12.2. The number of benzene rings is 1. The first-order valence-corrected chi connectivity index (χ1v) is 7.99. The smallest absolute Gasteiger partial charge is 0.234 e. The van der Waals surface area contributed by atoms with Gasteiger partial charge in [0.15, 0.2) is 0 Å². The molecule has 1 aromatic carbocycles. The van der Waals surface area contributed by atoms with Crippen molar-refractivity contribution in [3.05, 3.63) is 34.9 Å². The second-order valence-electron chi connectivity index (χ2n) is 6.44. The van der Waals surface area contributed by atoms with Crippen LogP contribution >= 0.6 is 11.6 Å². The molecule has 0 spiro atoms. The van der Waals surface area contributed by atoms with Crippen LogP contribution in [0.2, 0.25) is 5.02 Å². The van der Waals surface area contributed by atoms with Gasteiger partial charge in [0.2, 0.25) is 5.91 Å². The Morgan fingerprint density at radius 2 is 1.73 bits per heavy atom. The summed E-state index contributed by atoms with van der Waals surface area (Å²) in [6, 6.07) is 8.18. The molecule has 0 aromatic heterocycles. The van der Waals surface area contributed by atoms with Gasteiger partial charge in [0, 0.05) is 22.6 Å². The normalized spacial score (nSPS) is 25.2. The minimum atomic E-state index is -0.300. The summed E-state index contributed by atoms with van der Waals surface area (Å²) in [4.78, 5) is 12.2. The molecule has 1 amide bonds. The van der Waals surface area contributed by atoms with Gasteiger partial charge >= 0.3 is 0 Å². The van der Waals surface area contributed by atoms with Crippen LogP contribution in [0.4, 0.5) is 0 Å². The Bertz CT molecular complexity index is 507. The van der Waals surface area contributed by atoms with Crippen LogP contribution in [0.3, 0.4) is 0 Å². The molecule has 6 heteroatoms.